The first-order valence-corrected chi connectivity index (χ1v) is 19.5. The molecule has 2 N–H and O–H groups in total. The highest BCUT2D eigenvalue weighted by atomic mass is 16.7. The minimum Gasteiger partial charge on any atom is -0.459 e. The first-order valence-electron chi connectivity index (χ1n) is 19.5. The van der Waals surface area contributed by atoms with Crippen molar-refractivity contribution in [3.05, 3.63) is 35.9 Å². The summed E-state index contributed by atoms with van der Waals surface area (Å²) in [5.41, 5.74) is -1.55. The largest absolute Gasteiger partial charge is 0.459 e. The first-order chi connectivity index (χ1) is 25.8. The van der Waals surface area contributed by atoms with Gasteiger partial charge < -0.3 is 43.6 Å². The van der Waals surface area contributed by atoms with Crippen LogP contribution in [0.5, 0.6) is 0 Å². The van der Waals surface area contributed by atoms with E-state index in [1.807, 2.05) is 70.1 Å². The summed E-state index contributed by atoms with van der Waals surface area (Å²) in [6.07, 6.45) is -4.95. The lowest BCUT2D eigenvalue weighted by Gasteiger charge is -2.47. The van der Waals surface area contributed by atoms with E-state index in [4.69, 9.17) is 28.5 Å². The number of esters is 1. The smallest absolute Gasteiger partial charge is 0.316 e. The van der Waals surface area contributed by atoms with Gasteiger partial charge in [-0.15, -0.1) is 0 Å². The first kappa shape index (κ1) is 44.6. The van der Waals surface area contributed by atoms with Crippen LogP contribution in [0.15, 0.2) is 40.5 Å². The summed E-state index contributed by atoms with van der Waals surface area (Å²) in [7, 11) is 3.74. The van der Waals surface area contributed by atoms with Crippen LogP contribution in [0, 0.1) is 23.7 Å². The molecule has 2 bridgehead atoms. The lowest BCUT2D eigenvalue weighted by atomic mass is 9.73. The monoisotopic (exact) mass is 773 g/mol. The highest BCUT2D eigenvalue weighted by Gasteiger charge is 2.53. The third-order valence-corrected chi connectivity index (χ3v) is 11.4. The molecule has 55 heavy (non-hydrogen) atoms. The third kappa shape index (κ3) is 10.6. The number of cyclic esters (lactones) is 1. The van der Waals surface area contributed by atoms with E-state index in [0.717, 1.165) is 5.56 Å². The molecule has 3 aliphatic rings. The van der Waals surface area contributed by atoms with E-state index in [0.29, 0.717) is 17.8 Å². The zero-order valence-electron chi connectivity index (χ0n) is 34.4. The van der Waals surface area contributed by atoms with Crippen molar-refractivity contribution in [3.63, 3.8) is 0 Å². The lowest BCUT2D eigenvalue weighted by molar-refractivity contribution is -0.296. The number of likely N-dealkylation sites (N-methyl/N-ethyl adjacent to an activating group) is 1. The molecule has 308 valence electrons. The summed E-state index contributed by atoms with van der Waals surface area (Å²) < 4.78 is 32.3. The van der Waals surface area contributed by atoms with Crippen LogP contribution >= 0.6 is 0 Å². The van der Waals surface area contributed by atoms with Gasteiger partial charge in [0.25, 0.3) is 0 Å². The second-order valence-electron chi connectivity index (χ2n) is 16.3. The number of carbonyl (C=O) groups excluding carboxylic acids is 3. The van der Waals surface area contributed by atoms with E-state index in [1.165, 1.54) is 20.8 Å². The fraction of sp³-hybridized carbons (Fsp3) is 0.732. The van der Waals surface area contributed by atoms with Crippen molar-refractivity contribution < 1.29 is 53.1 Å². The van der Waals surface area contributed by atoms with Crippen molar-refractivity contribution in [1.29, 1.82) is 0 Å². The maximum absolute atomic E-state index is 14.4. The van der Waals surface area contributed by atoms with Crippen LogP contribution in [-0.2, 0) is 49.5 Å². The molecule has 4 rings (SSSR count). The minimum absolute atomic E-state index is 0.145. The van der Waals surface area contributed by atoms with Gasteiger partial charge in [-0.1, -0.05) is 63.2 Å². The number of aliphatic hydroxyl groups is 2. The van der Waals surface area contributed by atoms with Gasteiger partial charge in [-0.05, 0) is 72.5 Å². The number of carbonyl (C=O) groups is 3. The van der Waals surface area contributed by atoms with Crippen LogP contribution in [0.25, 0.3) is 0 Å². The Bertz CT molecular complexity index is 1530. The minimum atomic E-state index is -1.83. The highest BCUT2D eigenvalue weighted by molar-refractivity contribution is 6.00. The molecule has 1 aromatic carbocycles. The summed E-state index contributed by atoms with van der Waals surface area (Å²) in [5.74, 6) is -5.21. The quantitative estimate of drug-likeness (QED) is 0.231. The van der Waals surface area contributed by atoms with E-state index in [-0.39, 0.29) is 44.8 Å². The van der Waals surface area contributed by atoms with Crippen LogP contribution in [0.1, 0.15) is 87.1 Å². The topological polar surface area (TPSA) is 175 Å². The predicted octanol–water partition coefficient (Wildman–Crippen LogP) is 4.12. The van der Waals surface area contributed by atoms with Crippen molar-refractivity contribution in [2.75, 3.05) is 27.3 Å². The average Bonchev–Trinajstić information content (AvgIpc) is 3.14. The second-order valence-corrected chi connectivity index (χ2v) is 16.3. The molecule has 14 nitrogen and oxygen atoms in total. The van der Waals surface area contributed by atoms with E-state index < -0.39 is 83.2 Å². The number of benzene rings is 1. The molecule has 3 saturated heterocycles. The molecular weight excluding hydrogens is 710 g/mol. The zero-order valence-corrected chi connectivity index (χ0v) is 34.4. The molecular formula is C41H63N3O11. The fourth-order valence-electron chi connectivity index (χ4n) is 8.38. The van der Waals surface area contributed by atoms with Gasteiger partial charge in [-0.2, -0.15) is 0 Å². The molecule has 0 saturated carbocycles. The number of ether oxygens (including phenoxy) is 5. The molecule has 1 aromatic rings. The number of ketones is 1. The van der Waals surface area contributed by atoms with E-state index >= 15 is 0 Å². The Morgan fingerprint density at radius 2 is 1.71 bits per heavy atom. The summed E-state index contributed by atoms with van der Waals surface area (Å²) in [6, 6.07) is 9.21. The lowest BCUT2D eigenvalue weighted by Crippen LogP contribution is -2.60. The summed E-state index contributed by atoms with van der Waals surface area (Å²) in [5, 5.41) is 28.4. The Morgan fingerprint density at radius 1 is 1.04 bits per heavy atom. The summed E-state index contributed by atoms with van der Waals surface area (Å²) >= 11 is 0. The molecule has 0 aliphatic carbocycles. The molecule has 3 fully saturated rings. The molecule has 3 aliphatic heterocycles. The Balaban J connectivity index is 1.94. The predicted molar refractivity (Wildman–Crippen MR) is 205 cm³/mol. The molecule has 3 heterocycles. The van der Waals surface area contributed by atoms with E-state index in [2.05, 4.69) is 10.1 Å². The van der Waals surface area contributed by atoms with Gasteiger partial charge >= 0.3 is 5.97 Å². The van der Waals surface area contributed by atoms with Crippen LogP contribution < -0.4 is 0 Å². The van der Waals surface area contributed by atoms with Crippen molar-refractivity contribution in [2.24, 2.45) is 33.8 Å². The molecule has 0 spiro atoms. The van der Waals surface area contributed by atoms with Crippen LogP contribution in [0.4, 0.5) is 0 Å². The second kappa shape index (κ2) is 18.9. The van der Waals surface area contributed by atoms with Gasteiger partial charge in [-0.25, -0.2) is 4.99 Å². The van der Waals surface area contributed by atoms with E-state index in [9.17, 15) is 24.6 Å². The number of oxime groups is 1. The fourth-order valence-corrected chi connectivity index (χ4v) is 8.38. The van der Waals surface area contributed by atoms with Crippen LogP contribution in [-0.4, -0.2) is 126 Å². The molecule has 14 heteroatoms. The van der Waals surface area contributed by atoms with E-state index in [1.54, 1.807) is 20.8 Å². The van der Waals surface area contributed by atoms with Gasteiger partial charge in [0.15, 0.2) is 12.1 Å². The number of nitrogens with zero attached hydrogens (tertiary/aromatic N) is 3. The van der Waals surface area contributed by atoms with Crippen molar-refractivity contribution >= 4 is 29.1 Å². The normalized spacial score (nSPS) is 39.9. The summed E-state index contributed by atoms with van der Waals surface area (Å²) in [6.45, 7) is 15.0. The maximum Gasteiger partial charge on any atom is 0.316 e. The van der Waals surface area contributed by atoms with Crippen molar-refractivity contribution in [2.45, 2.75) is 142 Å². The maximum atomic E-state index is 14.4. The van der Waals surface area contributed by atoms with Gasteiger partial charge in [0.2, 0.25) is 5.91 Å². The van der Waals surface area contributed by atoms with Crippen LogP contribution in [0.3, 0.4) is 0 Å². The Hall–Kier alpha value is -3.11. The Morgan fingerprint density at radius 3 is 2.33 bits per heavy atom. The molecule has 0 aromatic heterocycles. The number of aliphatic hydroxyl groups excluding tert-OH is 1. The van der Waals surface area contributed by atoms with Crippen LogP contribution in [0.2, 0.25) is 0 Å². The summed E-state index contributed by atoms with van der Waals surface area (Å²) in [4.78, 5) is 53.2. The standard InChI is InChI=1S/C41H63N3O11/c1-12-32-41(9,49)37-25(4)33(42-28(7)45)23(2)19-40(8,51-22-30(21-50-37)43-52-20-29-16-14-13-15-17-29)36(26(5)34(46)27(6)38(48)54-32)55-39-35(47)31(44(10)11)18-24(3)53-39/h13-17,23-27,31-32,35-37,39,47,49H,12,18-22H2,1-11H3/b42-33?,43-30+/t23-,24-,25+,26+,27-,31+,32-,35-,36-,37+,39+,40-,41-/m1/s1. The Labute approximate surface area is 325 Å². The average molecular weight is 774 g/mol. The molecule has 0 unspecified atom stereocenters. The van der Waals surface area contributed by atoms with Gasteiger partial charge in [-0.3, -0.25) is 14.4 Å². The SMILES string of the molecule is CC[C@H]1OC(=O)[C@H](C)C(=O)[C@H](C)[C@@H](O[C@@H]2O[C@H](C)C[C@H](N(C)C)[C@H]2O)[C@@]2(C)C[C@@H](C)C(=NC(C)=O)[C@H](C)[C@H](OC/C(=N\OCc3ccccc3)CO2)[C@]1(C)O. The third-order valence-electron chi connectivity index (χ3n) is 11.4. The molecule has 0 radical (unpaired) electrons. The number of aliphatic imine (C=N–C) groups is 1. The Kier molecular flexibility index (Phi) is 15.3. The van der Waals surface area contributed by atoms with Crippen molar-refractivity contribution in [3.8, 4) is 0 Å². The number of hydrogen-bond acceptors (Lipinski definition) is 13. The number of amides is 1. The van der Waals surface area contributed by atoms with Gasteiger partial charge in [0.05, 0.1) is 37.1 Å². The number of hydrogen-bond donors (Lipinski definition) is 2. The van der Waals surface area contributed by atoms with Gasteiger partial charge in [0, 0.05) is 30.5 Å². The number of fused-ring (bicyclic) bond motifs is 5. The number of rotatable bonds is 7. The molecule has 13 atom stereocenters. The molecule has 1 amide bonds. The highest BCUT2D eigenvalue weighted by Crippen LogP contribution is 2.40. The van der Waals surface area contributed by atoms with Crippen molar-refractivity contribution in [1.82, 2.24) is 4.90 Å². The number of Topliss-reactive ketones (excluding diaryl/α,β-unsaturated/α-hetero) is 1. The zero-order chi connectivity index (χ0) is 40.8. The van der Waals surface area contributed by atoms with Gasteiger partial charge in [0.1, 0.15) is 36.0 Å².